The van der Waals surface area contributed by atoms with Crippen LogP contribution in [0, 0.1) is 0 Å². The number of aromatic nitrogens is 4. The molecule has 9 nitrogen and oxygen atoms in total. The van der Waals surface area contributed by atoms with Crippen LogP contribution in [0.3, 0.4) is 0 Å². The van der Waals surface area contributed by atoms with E-state index >= 15 is 0 Å². The van der Waals surface area contributed by atoms with Crippen molar-refractivity contribution in [3.63, 3.8) is 0 Å². The van der Waals surface area contributed by atoms with Crippen molar-refractivity contribution in [2.75, 3.05) is 11.9 Å². The molecule has 0 aliphatic carbocycles. The molecule has 0 saturated heterocycles. The number of fused-ring (bicyclic) bond motifs is 1. The number of rotatable bonds is 5. The van der Waals surface area contributed by atoms with Crippen LogP contribution in [-0.2, 0) is 16.6 Å². The lowest BCUT2D eigenvalue weighted by Gasteiger charge is -2.13. The average molecular weight is 427 g/mol. The van der Waals surface area contributed by atoms with Gasteiger partial charge in [0.05, 0.1) is 35.7 Å². The highest BCUT2D eigenvalue weighted by molar-refractivity contribution is 5.87. The van der Waals surface area contributed by atoms with Crippen molar-refractivity contribution in [1.29, 1.82) is 0 Å². The molecule has 30 heavy (non-hydrogen) atoms. The van der Waals surface area contributed by atoms with E-state index in [9.17, 15) is 18.0 Å². The van der Waals surface area contributed by atoms with Crippen molar-refractivity contribution in [3.05, 3.63) is 42.0 Å². The number of hydrogen-bond acceptors (Lipinski definition) is 6. The third kappa shape index (κ3) is 5.72. The number of halogens is 3. The molecule has 0 radical (unpaired) electrons. The largest absolute Gasteiger partial charge is 0.490 e. The third-order valence-electron chi connectivity index (χ3n) is 3.90. The average Bonchev–Trinajstić information content (AvgIpc) is 3.29. The second kappa shape index (κ2) is 9.29. The summed E-state index contributed by atoms with van der Waals surface area (Å²) >= 11 is 0. The Morgan fingerprint density at radius 2 is 2.00 bits per heavy atom. The molecule has 0 aliphatic heterocycles. The highest BCUT2D eigenvalue weighted by Crippen LogP contribution is 2.22. The molecular weight excluding hydrogens is 407 g/mol. The highest BCUT2D eigenvalue weighted by Gasteiger charge is 2.38. The van der Waals surface area contributed by atoms with Gasteiger partial charge in [-0.25, -0.2) is 14.6 Å². The number of aryl methyl sites for hydroxylation is 1. The second-order valence-corrected chi connectivity index (χ2v) is 6.16. The number of anilines is 1. The van der Waals surface area contributed by atoms with Gasteiger partial charge in [0.15, 0.2) is 5.69 Å². The fraction of sp³-hybridized carbons (Fsp3) is 0.333. The molecule has 2 heterocycles. The first kappa shape index (κ1) is 22.7. The molecule has 2 aromatic heterocycles. The summed E-state index contributed by atoms with van der Waals surface area (Å²) in [6.07, 6.45) is -3.29. The van der Waals surface area contributed by atoms with E-state index in [4.69, 9.17) is 14.6 Å². The molecule has 3 N–H and O–H groups in total. The van der Waals surface area contributed by atoms with E-state index in [-0.39, 0.29) is 11.7 Å². The Morgan fingerprint density at radius 1 is 1.33 bits per heavy atom. The SMILES string of the molecule is CCOC(=O)c1cc(C(C)Nc2ccc3c(c2)ncn3C)[nH]n1.O=C(O)C(F)(F)F. The van der Waals surface area contributed by atoms with Crippen LogP contribution in [0.1, 0.15) is 36.1 Å². The summed E-state index contributed by atoms with van der Waals surface area (Å²) in [5, 5.41) is 17.4. The summed E-state index contributed by atoms with van der Waals surface area (Å²) in [5.41, 5.74) is 4.07. The zero-order valence-electron chi connectivity index (χ0n) is 16.3. The topological polar surface area (TPSA) is 122 Å². The summed E-state index contributed by atoms with van der Waals surface area (Å²) in [7, 11) is 1.96. The van der Waals surface area contributed by atoms with Crippen LogP contribution in [0.15, 0.2) is 30.6 Å². The summed E-state index contributed by atoms with van der Waals surface area (Å²) < 4.78 is 38.6. The van der Waals surface area contributed by atoms with Gasteiger partial charge in [0.25, 0.3) is 0 Å². The number of carbonyl (C=O) groups excluding carboxylic acids is 1. The molecule has 1 atom stereocenters. The van der Waals surface area contributed by atoms with Gasteiger partial charge in [-0.15, -0.1) is 0 Å². The number of aliphatic carboxylic acids is 1. The fourth-order valence-corrected chi connectivity index (χ4v) is 2.42. The molecule has 12 heteroatoms. The van der Waals surface area contributed by atoms with Crippen molar-refractivity contribution in [2.45, 2.75) is 26.1 Å². The van der Waals surface area contributed by atoms with Gasteiger partial charge in [-0.2, -0.15) is 18.3 Å². The van der Waals surface area contributed by atoms with Gasteiger partial charge in [0, 0.05) is 12.7 Å². The number of benzene rings is 1. The molecule has 0 saturated carbocycles. The predicted molar refractivity (Wildman–Crippen MR) is 101 cm³/mol. The van der Waals surface area contributed by atoms with E-state index in [1.54, 1.807) is 19.3 Å². The van der Waals surface area contributed by atoms with E-state index in [1.165, 1.54) is 0 Å². The molecule has 1 aromatic carbocycles. The summed E-state index contributed by atoms with van der Waals surface area (Å²) in [5.74, 6) is -3.18. The third-order valence-corrected chi connectivity index (χ3v) is 3.90. The molecule has 3 rings (SSSR count). The fourth-order valence-electron chi connectivity index (χ4n) is 2.42. The van der Waals surface area contributed by atoms with Crippen LogP contribution in [0.5, 0.6) is 0 Å². The lowest BCUT2D eigenvalue weighted by molar-refractivity contribution is -0.192. The number of carbonyl (C=O) groups is 2. The Kier molecular flexibility index (Phi) is 7.03. The molecule has 0 amide bonds. The first-order valence-corrected chi connectivity index (χ1v) is 8.73. The molecule has 0 bridgehead atoms. The quantitative estimate of drug-likeness (QED) is 0.534. The highest BCUT2D eigenvalue weighted by atomic mass is 19.4. The Hall–Kier alpha value is -3.57. The molecule has 0 aliphatic rings. The number of carboxylic acid groups (broad SMARTS) is 1. The second-order valence-electron chi connectivity index (χ2n) is 6.16. The van der Waals surface area contributed by atoms with Gasteiger partial charge in [0.1, 0.15) is 0 Å². The lowest BCUT2D eigenvalue weighted by atomic mass is 10.2. The number of imidazole rings is 1. The standard InChI is InChI=1S/C16H19N5O2.C2HF3O2/c1-4-23-16(22)14-8-12(19-20-14)10(2)18-11-5-6-15-13(7-11)17-9-21(15)3;3-2(4,5)1(6)7/h5-10,18H,4H2,1-3H3,(H,19,20);(H,6,7). The van der Waals surface area contributed by atoms with Crippen LogP contribution in [0.25, 0.3) is 11.0 Å². The van der Waals surface area contributed by atoms with Crippen molar-refractivity contribution in [1.82, 2.24) is 19.7 Å². The molecule has 3 aromatic rings. The van der Waals surface area contributed by atoms with Crippen LogP contribution in [-0.4, -0.2) is 49.6 Å². The number of H-pyrrole nitrogens is 1. The summed E-state index contributed by atoms with van der Waals surface area (Å²) in [6.45, 7) is 4.09. The van der Waals surface area contributed by atoms with E-state index in [0.29, 0.717) is 6.61 Å². The van der Waals surface area contributed by atoms with E-state index in [0.717, 1.165) is 22.4 Å². The molecule has 162 valence electrons. The number of nitrogens with zero attached hydrogens (tertiary/aromatic N) is 3. The molecule has 0 fully saturated rings. The minimum Gasteiger partial charge on any atom is -0.475 e. The number of alkyl halides is 3. The number of esters is 1. The number of aromatic amines is 1. The molecule has 0 spiro atoms. The Morgan fingerprint density at radius 3 is 2.60 bits per heavy atom. The zero-order valence-corrected chi connectivity index (χ0v) is 16.3. The maximum absolute atomic E-state index is 11.7. The van der Waals surface area contributed by atoms with Crippen LogP contribution in [0.2, 0.25) is 0 Å². The van der Waals surface area contributed by atoms with Gasteiger partial charge in [-0.3, -0.25) is 5.10 Å². The number of nitrogens with one attached hydrogen (secondary N) is 2. The lowest BCUT2D eigenvalue weighted by Crippen LogP contribution is -2.21. The Bertz CT molecular complexity index is 1030. The van der Waals surface area contributed by atoms with Crippen LogP contribution >= 0.6 is 0 Å². The molecule has 1 unspecified atom stereocenters. The van der Waals surface area contributed by atoms with Gasteiger partial charge < -0.3 is 19.7 Å². The number of hydrogen-bond donors (Lipinski definition) is 3. The summed E-state index contributed by atoms with van der Waals surface area (Å²) in [6, 6.07) is 7.69. The van der Waals surface area contributed by atoms with Crippen molar-refractivity contribution in [3.8, 4) is 0 Å². The smallest absolute Gasteiger partial charge is 0.475 e. The number of carboxylic acids is 1. The first-order valence-electron chi connectivity index (χ1n) is 8.73. The monoisotopic (exact) mass is 427 g/mol. The van der Waals surface area contributed by atoms with E-state index in [2.05, 4.69) is 20.5 Å². The minimum absolute atomic E-state index is 0.0353. The number of ether oxygens (including phenoxy) is 1. The van der Waals surface area contributed by atoms with Gasteiger partial charge >= 0.3 is 18.1 Å². The van der Waals surface area contributed by atoms with Gasteiger partial charge in [-0.05, 0) is 38.1 Å². The maximum atomic E-state index is 11.7. The maximum Gasteiger partial charge on any atom is 0.490 e. The Balaban J connectivity index is 0.000000396. The summed E-state index contributed by atoms with van der Waals surface area (Å²) in [4.78, 5) is 24.9. The first-order chi connectivity index (χ1) is 14.0. The minimum atomic E-state index is -5.08. The Labute approximate surface area is 168 Å². The van der Waals surface area contributed by atoms with Crippen molar-refractivity contribution in [2.24, 2.45) is 7.05 Å². The van der Waals surface area contributed by atoms with E-state index < -0.39 is 18.1 Å². The van der Waals surface area contributed by atoms with Crippen LogP contribution < -0.4 is 5.32 Å². The normalized spacial score (nSPS) is 12.1. The zero-order chi connectivity index (χ0) is 22.5. The predicted octanol–water partition coefficient (Wildman–Crippen LogP) is 3.28. The van der Waals surface area contributed by atoms with E-state index in [1.807, 2.05) is 36.7 Å². The van der Waals surface area contributed by atoms with Gasteiger partial charge in [-0.1, -0.05) is 0 Å². The van der Waals surface area contributed by atoms with Crippen molar-refractivity contribution < 1.29 is 32.6 Å². The van der Waals surface area contributed by atoms with Crippen molar-refractivity contribution >= 4 is 28.7 Å². The molecular formula is C18H20F3N5O4. The van der Waals surface area contributed by atoms with Gasteiger partial charge in [0.2, 0.25) is 0 Å². The van der Waals surface area contributed by atoms with Crippen LogP contribution in [0.4, 0.5) is 18.9 Å².